The minimum absolute atomic E-state index is 0.106. The van der Waals surface area contributed by atoms with Crippen molar-refractivity contribution in [3.05, 3.63) is 64.2 Å². The van der Waals surface area contributed by atoms with E-state index in [-0.39, 0.29) is 5.91 Å². The van der Waals surface area contributed by atoms with Gasteiger partial charge in [-0.15, -0.1) is 0 Å². The van der Waals surface area contributed by atoms with Crippen molar-refractivity contribution in [2.45, 2.75) is 52.2 Å². The second kappa shape index (κ2) is 9.43. The molecular weight excluding hydrogens is 394 g/mol. The fourth-order valence-corrected chi connectivity index (χ4v) is 4.09. The molecule has 30 heavy (non-hydrogen) atoms. The Kier molecular flexibility index (Phi) is 6.92. The lowest BCUT2D eigenvalue weighted by molar-refractivity contribution is -0.130. The van der Waals surface area contributed by atoms with Crippen LogP contribution in [0.25, 0.3) is 5.69 Å². The summed E-state index contributed by atoms with van der Waals surface area (Å²) in [7, 11) is 1.86. The molecule has 2 heterocycles. The van der Waals surface area contributed by atoms with E-state index < -0.39 is 0 Å². The topological polar surface area (TPSA) is 63.9 Å². The summed E-state index contributed by atoms with van der Waals surface area (Å²) in [6, 6.07) is 10.1. The third kappa shape index (κ3) is 4.73. The molecule has 0 N–H and O–H groups in total. The molecule has 7 heteroatoms. The van der Waals surface area contributed by atoms with Crippen molar-refractivity contribution in [3.63, 3.8) is 0 Å². The molecule has 6 nitrogen and oxygen atoms in total. The summed E-state index contributed by atoms with van der Waals surface area (Å²) in [5, 5.41) is 5.46. The van der Waals surface area contributed by atoms with E-state index in [4.69, 9.17) is 0 Å². The summed E-state index contributed by atoms with van der Waals surface area (Å²) in [4.78, 5) is 23.6. The molecule has 0 aliphatic carbocycles. The molecule has 2 aromatic heterocycles. The lowest BCUT2D eigenvalue weighted by atomic mass is 10.1. The molecule has 0 aliphatic heterocycles. The monoisotopic (exact) mass is 423 g/mol. The van der Waals surface area contributed by atoms with Crippen LogP contribution < -0.4 is 0 Å². The van der Waals surface area contributed by atoms with Crippen molar-refractivity contribution in [3.8, 4) is 5.69 Å². The minimum atomic E-state index is 0.106. The van der Waals surface area contributed by atoms with E-state index in [0.717, 1.165) is 44.7 Å². The van der Waals surface area contributed by atoms with Crippen LogP contribution in [0.3, 0.4) is 0 Å². The van der Waals surface area contributed by atoms with Gasteiger partial charge in [-0.25, -0.2) is 14.6 Å². The van der Waals surface area contributed by atoms with Crippen molar-refractivity contribution in [2.24, 2.45) is 0 Å². The summed E-state index contributed by atoms with van der Waals surface area (Å²) in [6.07, 6.45) is 3.05. The van der Waals surface area contributed by atoms with Crippen molar-refractivity contribution in [1.82, 2.24) is 24.6 Å². The van der Waals surface area contributed by atoms with Crippen LogP contribution in [0, 0.1) is 27.7 Å². The molecule has 0 bridgehead atoms. The first-order valence-electron chi connectivity index (χ1n) is 10.0. The molecule has 0 unspecified atom stereocenters. The molecule has 0 radical (unpaired) electrons. The third-order valence-corrected chi connectivity index (χ3v) is 5.98. The number of amides is 1. The van der Waals surface area contributed by atoms with Crippen LogP contribution in [0.4, 0.5) is 0 Å². The highest BCUT2D eigenvalue weighted by Crippen LogP contribution is 2.21. The van der Waals surface area contributed by atoms with Gasteiger partial charge in [0.15, 0.2) is 5.16 Å². The van der Waals surface area contributed by atoms with Crippen LogP contribution in [0.5, 0.6) is 0 Å². The maximum absolute atomic E-state index is 12.8. The van der Waals surface area contributed by atoms with Gasteiger partial charge in [-0.1, -0.05) is 30.0 Å². The Balaban J connectivity index is 1.69. The minimum Gasteiger partial charge on any atom is -0.341 e. The predicted octanol–water partition coefficient (Wildman–Crippen LogP) is 4.21. The lowest BCUT2D eigenvalue weighted by Gasteiger charge is -2.18. The fraction of sp³-hybridized carbons (Fsp3) is 0.391. The van der Waals surface area contributed by atoms with E-state index in [9.17, 15) is 4.79 Å². The highest BCUT2D eigenvalue weighted by molar-refractivity contribution is 7.98. The molecular formula is C23H29N5OS. The number of nitrogens with zero attached hydrogens (tertiary/aromatic N) is 5. The third-order valence-electron chi connectivity index (χ3n) is 5.43. The first-order valence-corrected chi connectivity index (χ1v) is 11.3. The van der Waals surface area contributed by atoms with Gasteiger partial charge >= 0.3 is 0 Å². The average molecular weight is 424 g/mol. The van der Waals surface area contributed by atoms with Crippen molar-refractivity contribution >= 4 is 17.7 Å². The zero-order valence-corrected chi connectivity index (χ0v) is 19.4. The van der Waals surface area contributed by atoms with Gasteiger partial charge in [0.05, 0.1) is 11.4 Å². The second-order valence-corrected chi connectivity index (χ2v) is 8.28. The Morgan fingerprint density at radius 3 is 2.23 bits per heavy atom. The zero-order valence-electron chi connectivity index (χ0n) is 18.6. The summed E-state index contributed by atoms with van der Waals surface area (Å²) in [5.74, 6) is 0.106. The molecule has 3 rings (SSSR count). The number of aryl methyl sites for hydroxylation is 3. The Morgan fingerprint density at radius 1 is 1.00 bits per heavy atom. The number of para-hydroxylation sites is 1. The number of thioether (sulfide) groups is 1. The number of aromatic nitrogens is 4. The number of carbonyl (C=O) groups is 1. The zero-order chi connectivity index (χ0) is 21.8. The predicted molar refractivity (Wildman–Crippen MR) is 121 cm³/mol. The van der Waals surface area contributed by atoms with Gasteiger partial charge in [0, 0.05) is 42.7 Å². The second-order valence-electron chi connectivity index (χ2n) is 7.51. The van der Waals surface area contributed by atoms with Gasteiger partial charge < -0.3 is 4.90 Å². The molecule has 1 aromatic carbocycles. The van der Waals surface area contributed by atoms with E-state index in [2.05, 4.69) is 22.0 Å². The van der Waals surface area contributed by atoms with Crippen LogP contribution in [0.2, 0.25) is 0 Å². The van der Waals surface area contributed by atoms with E-state index in [1.807, 2.05) is 69.1 Å². The highest BCUT2D eigenvalue weighted by atomic mass is 32.2. The molecule has 0 spiro atoms. The highest BCUT2D eigenvalue weighted by Gasteiger charge is 2.18. The number of hydrogen-bond donors (Lipinski definition) is 0. The molecule has 0 saturated carbocycles. The normalized spacial score (nSPS) is 11.0. The SMILES string of the molecule is CSc1nc(C)c(CCC(=O)N(C)Cc2c(C)nn(-c3ccccc3)c2C)c(C)n1. The number of carbonyl (C=O) groups excluding carboxylic acids is 1. The van der Waals surface area contributed by atoms with Crippen molar-refractivity contribution in [2.75, 3.05) is 13.3 Å². The summed E-state index contributed by atoms with van der Waals surface area (Å²) < 4.78 is 1.94. The van der Waals surface area contributed by atoms with Gasteiger partial charge in [-0.2, -0.15) is 5.10 Å². The Labute approximate surface area is 182 Å². The van der Waals surface area contributed by atoms with Crippen molar-refractivity contribution < 1.29 is 4.79 Å². The van der Waals surface area contributed by atoms with Gasteiger partial charge in [0.25, 0.3) is 0 Å². The standard InChI is InChI=1S/C23H29N5OS/c1-15-20(16(2)25-23(24-15)30-6)12-13-22(29)27(5)14-21-17(3)26-28(18(21)4)19-10-8-7-9-11-19/h7-11H,12-14H2,1-6H3. The molecule has 0 saturated heterocycles. The Bertz CT molecular complexity index is 1020. The van der Waals surface area contributed by atoms with Crippen LogP contribution in [-0.4, -0.2) is 43.9 Å². The van der Waals surface area contributed by atoms with E-state index in [0.29, 0.717) is 19.4 Å². The molecule has 0 atom stereocenters. The average Bonchev–Trinajstić information content (AvgIpc) is 3.01. The first-order chi connectivity index (χ1) is 14.3. The Morgan fingerprint density at radius 2 is 1.63 bits per heavy atom. The van der Waals surface area contributed by atoms with Crippen LogP contribution in [0.15, 0.2) is 35.5 Å². The largest absolute Gasteiger partial charge is 0.341 e. The maximum Gasteiger partial charge on any atom is 0.222 e. The number of benzene rings is 1. The van der Waals surface area contributed by atoms with Crippen LogP contribution in [-0.2, 0) is 17.8 Å². The smallest absolute Gasteiger partial charge is 0.222 e. The van der Waals surface area contributed by atoms with Gasteiger partial charge in [0.2, 0.25) is 5.91 Å². The van der Waals surface area contributed by atoms with Crippen LogP contribution >= 0.6 is 11.8 Å². The lowest BCUT2D eigenvalue weighted by Crippen LogP contribution is -2.27. The van der Waals surface area contributed by atoms with Crippen molar-refractivity contribution in [1.29, 1.82) is 0 Å². The molecule has 3 aromatic rings. The van der Waals surface area contributed by atoms with Crippen LogP contribution in [0.1, 0.15) is 40.3 Å². The van der Waals surface area contributed by atoms with E-state index in [1.165, 1.54) is 11.8 Å². The molecule has 0 aliphatic rings. The van der Waals surface area contributed by atoms with Gasteiger partial charge in [-0.05, 0) is 58.1 Å². The summed E-state index contributed by atoms with van der Waals surface area (Å²) >= 11 is 1.53. The van der Waals surface area contributed by atoms with Gasteiger partial charge in [0.1, 0.15) is 0 Å². The molecule has 0 fully saturated rings. The molecule has 1 amide bonds. The summed E-state index contributed by atoms with van der Waals surface area (Å²) in [6.45, 7) is 8.57. The first kappa shape index (κ1) is 22.0. The van der Waals surface area contributed by atoms with Gasteiger partial charge in [-0.3, -0.25) is 4.79 Å². The fourth-order valence-electron chi connectivity index (χ4n) is 3.63. The number of rotatable bonds is 7. The van der Waals surface area contributed by atoms with E-state index in [1.54, 1.807) is 4.90 Å². The van der Waals surface area contributed by atoms with E-state index >= 15 is 0 Å². The Hall–Kier alpha value is -2.67. The molecule has 158 valence electrons. The number of hydrogen-bond acceptors (Lipinski definition) is 5. The quantitative estimate of drug-likeness (QED) is 0.421. The maximum atomic E-state index is 12.8. The summed E-state index contributed by atoms with van der Waals surface area (Å²) in [5.41, 5.74) is 7.11.